The van der Waals surface area contributed by atoms with Gasteiger partial charge in [-0.2, -0.15) is 31.3 Å². The molecule has 142 valence electrons. The number of hydrogen-bond acceptors (Lipinski definition) is 17. The van der Waals surface area contributed by atoms with E-state index in [0.717, 1.165) is 0 Å². The largest absolute Gasteiger partial charge is 4.00 e. The Labute approximate surface area is 198 Å². The van der Waals surface area contributed by atoms with Crippen LogP contribution < -0.4 is 64.5 Å². The predicted molar refractivity (Wildman–Crippen MR) is 40.5 cm³/mol. The maximum absolute atomic E-state index is 8.55. The van der Waals surface area contributed by atoms with Gasteiger partial charge in [-0.3, -0.25) is 0 Å². The Morgan fingerprint density at radius 3 is 0.400 bits per heavy atom. The summed E-state index contributed by atoms with van der Waals surface area (Å²) < 4.78 is 34.2. The van der Waals surface area contributed by atoms with Crippen molar-refractivity contribution in [1.82, 2.24) is 0 Å². The Bertz CT molecular complexity index is 304. The van der Waals surface area contributed by atoms with E-state index in [4.69, 9.17) is 77.0 Å². The molecular weight excluding hydrogens is 680 g/mol. The molecule has 24 heteroatoms. The van der Waals surface area contributed by atoms with Crippen molar-refractivity contribution in [3.63, 3.8) is 0 Å². The molecule has 2 N–H and O–H groups in total. The van der Waals surface area contributed by atoms with Crippen LogP contribution in [0.15, 0.2) is 0 Å². The van der Waals surface area contributed by atoms with Gasteiger partial charge < -0.3 is 82.7 Å². The second-order valence-corrected chi connectivity index (χ2v) is 5.37. The van der Waals surface area contributed by atoms with Crippen LogP contribution in [0.2, 0.25) is 0 Å². The van der Waals surface area contributed by atoms with Gasteiger partial charge in [0.1, 0.15) is 0 Å². The van der Waals surface area contributed by atoms with E-state index < -0.39 is 31.3 Å². The minimum Gasteiger partial charge on any atom is -0.822 e. The third-order valence-electron chi connectivity index (χ3n) is 0. The molecule has 0 aliphatic heterocycles. The zero-order valence-corrected chi connectivity index (χ0v) is 22.4. The van der Waals surface area contributed by atoms with Gasteiger partial charge in [0.05, 0.1) is 0 Å². The standard InChI is InChI=1S/CH5N.4H3O4P.3Zr/c1-2;4*1-5(2,3)4;;;/h2H2,1H3;4*(H3,1,2,3,4);;;/q;;;;;3*+4/p-12. The summed E-state index contributed by atoms with van der Waals surface area (Å²) in [6, 6.07) is 0. The van der Waals surface area contributed by atoms with Crippen LogP contribution in [0.3, 0.4) is 0 Å². The van der Waals surface area contributed by atoms with E-state index in [2.05, 4.69) is 5.73 Å². The molecule has 25 heavy (non-hydrogen) atoms. The molecule has 0 radical (unpaired) electrons. The molecule has 0 heterocycles. The Morgan fingerprint density at radius 1 is 0.400 bits per heavy atom. The van der Waals surface area contributed by atoms with E-state index in [9.17, 15) is 0 Å². The first-order valence-electron chi connectivity index (χ1n) is 3.50. The zero-order valence-electron chi connectivity index (χ0n) is 11.4. The van der Waals surface area contributed by atoms with Crippen molar-refractivity contribution in [1.29, 1.82) is 0 Å². The molecule has 0 aromatic rings. The van der Waals surface area contributed by atoms with Crippen molar-refractivity contribution in [3.8, 4) is 0 Å². The van der Waals surface area contributed by atoms with Gasteiger partial charge in [0, 0.05) is 0 Å². The molecule has 0 amide bonds. The van der Waals surface area contributed by atoms with E-state index in [1.807, 2.05) is 0 Å². The van der Waals surface area contributed by atoms with Gasteiger partial charge in [0.25, 0.3) is 0 Å². The summed E-state index contributed by atoms with van der Waals surface area (Å²) in [7, 11) is -20.1. The molecule has 0 rings (SSSR count). The Kier molecular flexibility index (Phi) is 51.2. The second kappa shape index (κ2) is 25.1. The summed E-state index contributed by atoms with van der Waals surface area (Å²) in [5.41, 5.74) is 4.50. The van der Waals surface area contributed by atoms with Crippen LogP contribution in [0.4, 0.5) is 0 Å². The maximum atomic E-state index is 8.55. The van der Waals surface area contributed by atoms with Crippen LogP contribution >= 0.6 is 31.3 Å². The molecular formula is CH5NO16P4Zr3. The van der Waals surface area contributed by atoms with E-state index in [1.165, 1.54) is 7.05 Å². The van der Waals surface area contributed by atoms with Gasteiger partial charge >= 0.3 is 78.6 Å². The molecule has 0 aromatic carbocycles. The van der Waals surface area contributed by atoms with Crippen LogP contribution in [0.1, 0.15) is 0 Å². The number of rotatable bonds is 0. The molecule has 0 saturated carbocycles. The van der Waals surface area contributed by atoms with Crippen molar-refractivity contribution >= 4 is 31.3 Å². The van der Waals surface area contributed by atoms with Crippen LogP contribution in [0.25, 0.3) is 0 Å². The Hall–Kier alpha value is 3.05. The van der Waals surface area contributed by atoms with Crippen molar-refractivity contribution < 1.29 is 156 Å². The van der Waals surface area contributed by atoms with Crippen molar-refractivity contribution in [2.24, 2.45) is 5.73 Å². The van der Waals surface area contributed by atoms with E-state index in [0.29, 0.717) is 0 Å². The number of nitrogens with two attached hydrogens (primary N) is 1. The number of phosphoric acid groups is 4. The first kappa shape index (κ1) is 51.1. The van der Waals surface area contributed by atoms with Crippen LogP contribution in [0, 0.1) is 0 Å². The quantitative estimate of drug-likeness (QED) is 0.231. The average molecular weight is 685 g/mol. The Balaban J connectivity index is -0.0000000239. The number of hydrogen-bond donors (Lipinski definition) is 1. The summed E-state index contributed by atoms with van der Waals surface area (Å²) in [4.78, 5) is 103. The SMILES string of the molecule is CN.O=P([O-])([O-])[O-].O=P([O-])([O-])[O-].O=P([O-])([O-])[O-].O=P([O-])([O-])[O-].[Zr+4].[Zr+4].[Zr+4]. The molecule has 0 aliphatic rings. The molecule has 0 atom stereocenters. The van der Waals surface area contributed by atoms with E-state index in [-0.39, 0.29) is 78.6 Å². The molecule has 0 aromatic heterocycles. The topological polar surface area (TPSA) is 371 Å². The summed E-state index contributed by atoms with van der Waals surface area (Å²) in [6.07, 6.45) is 0. The van der Waals surface area contributed by atoms with Crippen LogP contribution in [-0.2, 0) is 96.9 Å². The monoisotopic (exact) mass is 681 g/mol. The molecule has 17 nitrogen and oxygen atoms in total. The molecule has 0 unspecified atom stereocenters. The minimum atomic E-state index is -5.39. The van der Waals surface area contributed by atoms with E-state index in [1.54, 1.807) is 0 Å². The third kappa shape index (κ3) is 1830. The van der Waals surface area contributed by atoms with Crippen LogP contribution in [0.5, 0.6) is 0 Å². The maximum Gasteiger partial charge on any atom is 4.00 e. The van der Waals surface area contributed by atoms with Crippen molar-refractivity contribution in [2.45, 2.75) is 0 Å². The van der Waals surface area contributed by atoms with Gasteiger partial charge in [0.2, 0.25) is 0 Å². The fourth-order valence-corrected chi connectivity index (χ4v) is 0. The fourth-order valence-electron chi connectivity index (χ4n) is 0. The molecule has 0 bridgehead atoms. The van der Waals surface area contributed by atoms with Crippen LogP contribution in [-0.4, -0.2) is 7.05 Å². The first-order chi connectivity index (χ1) is 9.00. The van der Waals surface area contributed by atoms with Gasteiger partial charge in [-0.05, 0) is 7.05 Å². The summed E-state index contributed by atoms with van der Waals surface area (Å²) >= 11 is 0. The normalized spacial score (nSPS) is 9.68. The molecule has 0 fully saturated rings. The van der Waals surface area contributed by atoms with Crippen molar-refractivity contribution in [3.05, 3.63) is 0 Å². The van der Waals surface area contributed by atoms with Gasteiger partial charge in [-0.15, -0.1) is 0 Å². The van der Waals surface area contributed by atoms with Gasteiger partial charge in [-0.25, -0.2) is 0 Å². The molecule has 0 saturated heterocycles. The smallest absolute Gasteiger partial charge is 0.822 e. The van der Waals surface area contributed by atoms with Crippen molar-refractivity contribution in [2.75, 3.05) is 7.05 Å². The molecule has 0 spiro atoms. The first-order valence-corrected chi connectivity index (χ1v) is 9.34. The fraction of sp³-hybridized carbons (Fsp3) is 1.00. The average Bonchev–Trinajstić information content (AvgIpc) is 1.92. The third-order valence-corrected chi connectivity index (χ3v) is 0. The summed E-state index contributed by atoms with van der Waals surface area (Å²) in [6.45, 7) is 0. The molecule has 0 aliphatic carbocycles. The summed E-state index contributed by atoms with van der Waals surface area (Å²) in [5.74, 6) is 0. The second-order valence-electron chi connectivity index (χ2n) is 1.79. The predicted octanol–water partition coefficient (Wildman–Crippen LogP) is -11.7. The van der Waals surface area contributed by atoms with Gasteiger partial charge in [-0.1, -0.05) is 0 Å². The zero-order chi connectivity index (χ0) is 20.0. The Morgan fingerprint density at radius 2 is 0.400 bits per heavy atom. The van der Waals surface area contributed by atoms with Gasteiger partial charge in [0.15, 0.2) is 0 Å². The van der Waals surface area contributed by atoms with E-state index >= 15 is 0 Å². The minimum absolute atomic E-state index is 0. The summed E-state index contributed by atoms with van der Waals surface area (Å²) in [5, 5.41) is 0.